The zero-order chi connectivity index (χ0) is 16.4. The van der Waals surface area contributed by atoms with Crippen molar-refractivity contribution in [2.75, 3.05) is 19.7 Å². The molecule has 1 aromatic carbocycles. The lowest BCUT2D eigenvalue weighted by Crippen LogP contribution is -2.35. The van der Waals surface area contributed by atoms with E-state index in [9.17, 15) is 18.0 Å². The van der Waals surface area contributed by atoms with Crippen LogP contribution in [0, 0.1) is 11.8 Å². The van der Waals surface area contributed by atoms with Crippen LogP contribution < -0.4 is 15.4 Å². The molecule has 22 heavy (non-hydrogen) atoms. The van der Waals surface area contributed by atoms with E-state index in [0.29, 0.717) is 6.54 Å². The van der Waals surface area contributed by atoms with Crippen molar-refractivity contribution in [1.82, 2.24) is 10.6 Å². The van der Waals surface area contributed by atoms with Gasteiger partial charge in [-0.05, 0) is 18.2 Å². The fourth-order valence-electron chi connectivity index (χ4n) is 1.35. The van der Waals surface area contributed by atoms with Crippen molar-refractivity contribution in [2.24, 2.45) is 0 Å². The average Bonchev–Trinajstić information content (AvgIpc) is 2.48. The first-order valence-electron chi connectivity index (χ1n) is 6.32. The van der Waals surface area contributed by atoms with E-state index in [0.717, 1.165) is 12.1 Å². The van der Waals surface area contributed by atoms with Crippen molar-refractivity contribution >= 4 is 6.03 Å². The standard InChI is InChI=1S/C15H15F3N2O2/c1-2-8-19-14(21)20-9-3-4-10-22-13-7-5-6-12(11-13)15(16,17)18/h2,5-7,11H,1,8-10H2,(H2,19,20,21). The minimum atomic E-state index is -4.41. The number of amides is 2. The summed E-state index contributed by atoms with van der Waals surface area (Å²) in [6.07, 6.45) is -2.87. The van der Waals surface area contributed by atoms with Crippen molar-refractivity contribution in [1.29, 1.82) is 0 Å². The molecule has 1 rings (SSSR count). The minimum Gasteiger partial charge on any atom is -0.481 e. The van der Waals surface area contributed by atoms with E-state index in [1.54, 1.807) is 0 Å². The molecule has 0 aromatic heterocycles. The number of urea groups is 1. The summed E-state index contributed by atoms with van der Waals surface area (Å²) < 4.78 is 42.6. The summed E-state index contributed by atoms with van der Waals surface area (Å²) in [5, 5.41) is 4.97. The molecule has 0 aliphatic rings. The van der Waals surface area contributed by atoms with Gasteiger partial charge in [0.2, 0.25) is 0 Å². The van der Waals surface area contributed by atoms with E-state index in [2.05, 4.69) is 29.1 Å². The first kappa shape index (κ1) is 17.4. The Balaban J connectivity index is 2.35. The van der Waals surface area contributed by atoms with Crippen molar-refractivity contribution < 1.29 is 22.7 Å². The molecule has 0 spiro atoms. The van der Waals surface area contributed by atoms with Gasteiger partial charge in [0.15, 0.2) is 0 Å². The number of carbonyl (C=O) groups is 1. The topological polar surface area (TPSA) is 50.4 Å². The smallest absolute Gasteiger partial charge is 0.416 e. The molecular formula is C15H15F3N2O2. The molecular weight excluding hydrogens is 297 g/mol. The van der Waals surface area contributed by atoms with Crippen LogP contribution in [0.5, 0.6) is 5.75 Å². The second-order valence-electron chi connectivity index (χ2n) is 4.02. The van der Waals surface area contributed by atoms with E-state index in [4.69, 9.17) is 4.74 Å². The minimum absolute atomic E-state index is 0.0722. The van der Waals surface area contributed by atoms with Gasteiger partial charge >= 0.3 is 12.2 Å². The number of alkyl halides is 3. The Hall–Kier alpha value is -2.62. The van der Waals surface area contributed by atoms with Gasteiger partial charge in [0.25, 0.3) is 0 Å². The van der Waals surface area contributed by atoms with Gasteiger partial charge in [-0.1, -0.05) is 24.0 Å². The lowest BCUT2D eigenvalue weighted by molar-refractivity contribution is -0.137. The predicted molar refractivity (Wildman–Crippen MR) is 76.3 cm³/mol. The molecule has 0 atom stereocenters. The molecule has 0 saturated heterocycles. The normalized spacial score (nSPS) is 10.1. The maximum Gasteiger partial charge on any atom is 0.416 e. The number of benzene rings is 1. The highest BCUT2D eigenvalue weighted by molar-refractivity contribution is 5.74. The molecule has 0 unspecified atom stereocenters. The first-order valence-corrected chi connectivity index (χ1v) is 6.32. The average molecular weight is 312 g/mol. The van der Waals surface area contributed by atoms with Crippen LogP contribution in [-0.2, 0) is 6.18 Å². The van der Waals surface area contributed by atoms with Crippen molar-refractivity contribution in [2.45, 2.75) is 6.18 Å². The Labute approximate surface area is 126 Å². The number of nitrogens with one attached hydrogen (secondary N) is 2. The van der Waals surface area contributed by atoms with E-state index in [-0.39, 0.29) is 24.9 Å². The van der Waals surface area contributed by atoms with E-state index >= 15 is 0 Å². The zero-order valence-electron chi connectivity index (χ0n) is 11.7. The lowest BCUT2D eigenvalue weighted by Gasteiger charge is -2.08. The van der Waals surface area contributed by atoms with Crippen LogP contribution in [0.15, 0.2) is 36.9 Å². The molecule has 0 aliphatic heterocycles. The number of hydrogen-bond donors (Lipinski definition) is 2. The molecule has 0 radical (unpaired) electrons. The fourth-order valence-corrected chi connectivity index (χ4v) is 1.35. The van der Waals surface area contributed by atoms with E-state index in [1.165, 1.54) is 18.2 Å². The quantitative estimate of drug-likeness (QED) is 0.648. The third-order valence-corrected chi connectivity index (χ3v) is 2.34. The maximum atomic E-state index is 12.5. The fraction of sp³-hybridized carbons (Fsp3) is 0.267. The molecule has 118 valence electrons. The largest absolute Gasteiger partial charge is 0.481 e. The second kappa shape index (κ2) is 8.62. The number of halogens is 3. The monoisotopic (exact) mass is 312 g/mol. The van der Waals surface area contributed by atoms with Gasteiger partial charge < -0.3 is 15.4 Å². The van der Waals surface area contributed by atoms with Gasteiger partial charge in [0, 0.05) is 6.54 Å². The van der Waals surface area contributed by atoms with Gasteiger partial charge in [-0.3, -0.25) is 0 Å². The highest BCUT2D eigenvalue weighted by Crippen LogP contribution is 2.31. The summed E-state index contributed by atoms with van der Waals surface area (Å²) in [5.74, 6) is 5.28. The first-order chi connectivity index (χ1) is 10.4. The summed E-state index contributed by atoms with van der Waals surface area (Å²) >= 11 is 0. The third-order valence-electron chi connectivity index (χ3n) is 2.34. The second-order valence-corrected chi connectivity index (χ2v) is 4.02. The van der Waals surface area contributed by atoms with Crippen molar-refractivity contribution in [3.05, 3.63) is 42.5 Å². The summed E-state index contributed by atoms with van der Waals surface area (Å²) in [5.41, 5.74) is -0.779. The number of hydrogen-bond acceptors (Lipinski definition) is 2. The van der Waals surface area contributed by atoms with Crippen LogP contribution in [0.3, 0.4) is 0 Å². The Morgan fingerprint density at radius 3 is 2.77 bits per heavy atom. The summed E-state index contributed by atoms with van der Waals surface area (Å²) in [7, 11) is 0. The Kier molecular flexibility index (Phi) is 6.83. The predicted octanol–water partition coefficient (Wildman–Crippen LogP) is 2.57. The van der Waals surface area contributed by atoms with Crippen LogP contribution in [0.4, 0.5) is 18.0 Å². The Bertz CT molecular complexity index is 574. The summed E-state index contributed by atoms with van der Waals surface area (Å²) in [4.78, 5) is 11.1. The van der Waals surface area contributed by atoms with Crippen LogP contribution in [0.2, 0.25) is 0 Å². The van der Waals surface area contributed by atoms with Crippen LogP contribution in [0.1, 0.15) is 5.56 Å². The van der Waals surface area contributed by atoms with E-state index < -0.39 is 11.7 Å². The number of carbonyl (C=O) groups excluding carboxylic acids is 1. The van der Waals surface area contributed by atoms with Crippen LogP contribution >= 0.6 is 0 Å². The van der Waals surface area contributed by atoms with Gasteiger partial charge in [-0.2, -0.15) is 13.2 Å². The molecule has 7 heteroatoms. The van der Waals surface area contributed by atoms with Crippen molar-refractivity contribution in [3.8, 4) is 17.6 Å². The lowest BCUT2D eigenvalue weighted by atomic mass is 10.2. The molecule has 0 heterocycles. The molecule has 0 bridgehead atoms. The van der Waals surface area contributed by atoms with Gasteiger partial charge in [-0.15, -0.1) is 6.58 Å². The zero-order valence-corrected chi connectivity index (χ0v) is 11.7. The molecule has 0 saturated carbocycles. The molecule has 2 N–H and O–H groups in total. The van der Waals surface area contributed by atoms with Crippen LogP contribution in [-0.4, -0.2) is 25.7 Å². The summed E-state index contributed by atoms with van der Waals surface area (Å²) in [6.45, 7) is 3.83. The molecule has 2 amide bonds. The highest BCUT2D eigenvalue weighted by atomic mass is 19.4. The van der Waals surface area contributed by atoms with Gasteiger partial charge in [-0.25, -0.2) is 4.79 Å². The SMILES string of the molecule is C=CCNC(=O)NCC#CCOc1cccc(C(F)(F)F)c1. The van der Waals surface area contributed by atoms with E-state index in [1.807, 2.05) is 0 Å². The Morgan fingerprint density at radius 2 is 2.09 bits per heavy atom. The molecule has 4 nitrogen and oxygen atoms in total. The van der Waals surface area contributed by atoms with Gasteiger partial charge in [0.1, 0.15) is 12.4 Å². The van der Waals surface area contributed by atoms with Crippen molar-refractivity contribution in [3.63, 3.8) is 0 Å². The maximum absolute atomic E-state index is 12.5. The molecule has 1 aromatic rings. The van der Waals surface area contributed by atoms with Crippen LogP contribution in [0.25, 0.3) is 0 Å². The van der Waals surface area contributed by atoms with Gasteiger partial charge in [0.05, 0.1) is 12.1 Å². The molecule has 0 fully saturated rings. The third kappa shape index (κ3) is 6.70. The highest BCUT2D eigenvalue weighted by Gasteiger charge is 2.30. The summed E-state index contributed by atoms with van der Waals surface area (Å²) in [6, 6.07) is 4.16. The molecule has 0 aliphatic carbocycles. The number of ether oxygens (including phenoxy) is 1. The number of rotatable bonds is 5. The Morgan fingerprint density at radius 1 is 1.32 bits per heavy atom.